The molecule has 4 nitrogen and oxygen atoms in total. The van der Waals surface area contributed by atoms with Crippen LogP contribution in [0.1, 0.15) is 28.7 Å². The van der Waals surface area contributed by atoms with Gasteiger partial charge in [0, 0.05) is 18.7 Å². The van der Waals surface area contributed by atoms with Gasteiger partial charge in [-0.3, -0.25) is 9.59 Å². The van der Waals surface area contributed by atoms with Crippen LogP contribution in [0.15, 0.2) is 35.1 Å². The molecule has 0 spiro atoms. The fourth-order valence-electron chi connectivity index (χ4n) is 1.74. The first-order chi connectivity index (χ1) is 8.49. The Morgan fingerprint density at radius 3 is 2.33 bits per heavy atom. The Balaban J connectivity index is 2.64. The van der Waals surface area contributed by atoms with E-state index in [0.29, 0.717) is 5.69 Å². The van der Waals surface area contributed by atoms with Crippen LogP contribution in [0.3, 0.4) is 0 Å². The second-order valence-corrected chi connectivity index (χ2v) is 4.30. The number of aromatic nitrogens is 2. The molecule has 1 aromatic carbocycles. The van der Waals surface area contributed by atoms with Crippen molar-refractivity contribution in [3.63, 3.8) is 0 Å². The molecule has 0 amide bonds. The van der Waals surface area contributed by atoms with E-state index in [9.17, 15) is 9.59 Å². The summed E-state index contributed by atoms with van der Waals surface area (Å²) in [5, 5.41) is 4.13. The number of hydrogen-bond acceptors (Lipinski definition) is 3. The van der Waals surface area contributed by atoms with Gasteiger partial charge in [-0.15, -0.1) is 0 Å². The Kier molecular flexibility index (Phi) is 3.10. The molecule has 0 aliphatic carbocycles. The van der Waals surface area contributed by atoms with Crippen LogP contribution in [0.5, 0.6) is 0 Å². The summed E-state index contributed by atoms with van der Waals surface area (Å²) in [4.78, 5) is 23.0. The maximum atomic E-state index is 11.6. The Labute approximate surface area is 105 Å². The number of hydrogen-bond donors (Lipinski definition) is 0. The maximum absolute atomic E-state index is 11.6. The molecule has 0 bridgehead atoms. The van der Waals surface area contributed by atoms with Crippen LogP contribution in [0, 0.1) is 13.8 Å². The predicted octanol–water partition coefficient (Wildman–Crippen LogP) is 2.05. The topological polar surface area (TPSA) is 52.0 Å². The largest absolute Gasteiger partial charge is 0.293 e. The van der Waals surface area contributed by atoms with Gasteiger partial charge in [0.15, 0.2) is 11.5 Å². The van der Waals surface area contributed by atoms with Crippen molar-refractivity contribution in [2.45, 2.75) is 20.8 Å². The van der Waals surface area contributed by atoms with Crippen molar-refractivity contribution in [3.8, 4) is 5.69 Å². The molecule has 0 aliphatic heterocycles. The lowest BCUT2D eigenvalue weighted by Crippen LogP contribution is -2.21. The highest BCUT2D eigenvalue weighted by Gasteiger charge is 2.10. The summed E-state index contributed by atoms with van der Waals surface area (Å²) in [7, 11) is 0. The SMILES string of the molecule is CC(=O)c1nn(-c2ccc(C)cc2)c(C)cc1=O. The summed E-state index contributed by atoms with van der Waals surface area (Å²) < 4.78 is 1.61. The molecule has 2 aromatic rings. The number of benzene rings is 1. The average Bonchev–Trinajstić information content (AvgIpc) is 2.30. The molecule has 0 N–H and O–H groups in total. The highest BCUT2D eigenvalue weighted by Crippen LogP contribution is 2.10. The summed E-state index contributed by atoms with van der Waals surface area (Å²) in [5.74, 6) is -0.319. The molecule has 0 saturated carbocycles. The van der Waals surface area contributed by atoms with Gasteiger partial charge in [0.25, 0.3) is 0 Å². The highest BCUT2D eigenvalue weighted by molar-refractivity contribution is 5.91. The Morgan fingerprint density at radius 2 is 1.78 bits per heavy atom. The number of carbonyl (C=O) groups excluding carboxylic acids is 1. The van der Waals surface area contributed by atoms with Gasteiger partial charge in [0.05, 0.1) is 5.69 Å². The minimum atomic E-state index is -0.330. The monoisotopic (exact) mass is 242 g/mol. The molecule has 2 rings (SSSR count). The summed E-state index contributed by atoms with van der Waals surface area (Å²) in [6.07, 6.45) is 0. The Bertz CT molecular complexity index is 654. The van der Waals surface area contributed by atoms with E-state index in [1.54, 1.807) is 11.6 Å². The minimum absolute atomic E-state index is 0.0267. The van der Waals surface area contributed by atoms with Crippen LogP contribution >= 0.6 is 0 Å². The van der Waals surface area contributed by atoms with Gasteiger partial charge < -0.3 is 0 Å². The molecule has 0 aliphatic rings. The van der Waals surface area contributed by atoms with E-state index in [2.05, 4.69) is 5.10 Å². The minimum Gasteiger partial charge on any atom is -0.293 e. The van der Waals surface area contributed by atoms with E-state index in [-0.39, 0.29) is 16.9 Å². The van der Waals surface area contributed by atoms with E-state index in [1.807, 2.05) is 31.2 Å². The van der Waals surface area contributed by atoms with Crippen molar-refractivity contribution in [1.82, 2.24) is 9.78 Å². The number of rotatable bonds is 2. The van der Waals surface area contributed by atoms with Gasteiger partial charge in [-0.1, -0.05) is 17.7 Å². The van der Waals surface area contributed by atoms with E-state index in [0.717, 1.165) is 11.3 Å². The van der Waals surface area contributed by atoms with Crippen molar-refractivity contribution in [2.75, 3.05) is 0 Å². The molecule has 4 heteroatoms. The number of nitrogens with zero attached hydrogens (tertiary/aromatic N) is 2. The van der Waals surface area contributed by atoms with Crippen molar-refractivity contribution >= 4 is 5.78 Å². The molecule has 92 valence electrons. The van der Waals surface area contributed by atoms with Crippen LogP contribution < -0.4 is 5.43 Å². The third-order valence-corrected chi connectivity index (χ3v) is 2.72. The van der Waals surface area contributed by atoms with Crippen molar-refractivity contribution < 1.29 is 4.79 Å². The first-order valence-electron chi connectivity index (χ1n) is 5.68. The van der Waals surface area contributed by atoms with E-state index < -0.39 is 0 Å². The van der Waals surface area contributed by atoms with Gasteiger partial charge in [0.2, 0.25) is 5.43 Å². The van der Waals surface area contributed by atoms with Gasteiger partial charge in [-0.2, -0.15) is 5.10 Å². The smallest absolute Gasteiger partial charge is 0.211 e. The highest BCUT2D eigenvalue weighted by atomic mass is 16.1. The second kappa shape index (κ2) is 4.56. The standard InChI is InChI=1S/C14H14N2O2/c1-9-4-6-12(7-5-9)16-10(2)8-13(18)14(15-16)11(3)17/h4-8H,1-3H3. The first-order valence-corrected chi connectivity index (χ1v) is 5.68. The van der Waals surface area contributed by atoms with Gasteiger partial charge in [-0.05, 0) is 26.0 Å². The lowest BCUT2D eigenvalue weighted by atomic mass is 10.2. The second-order valence-electron chi connectivity index (χ2n) is 4.30. The first kappa shape index (κ1) is 12.2. The molecule has 18 heavy (non-hydrogen) atoms. The van der Waals surface area contributed by atoms with Gasteiger partial charge in [-0.25, -0.2) is 4.68 Å². The fourth-order valence-corrected chi connectivity index (χ4v) is 1.74. The Morgan fingerprint density at radius 1 is 1.17 bits per heavy atom. The number of ketones is 1. The fraction of sp³-hybridized carbons (Fsp3) is 0.214. The molecule has 1 aromatic heterocycles. The summed E-state index contributed by atoms with van der Waals surface area (Å²) in [6.45, 7) is 5.13. The quantitative estimate of drug-likeness (QED) is 0.757. The summed E-state index contributed by atoms with van der Waals surface area (Å²) in [6, 6.07) is 9.17. The third kappa shape index (κ3) is 2.22. The average molecular weight is 242 g/mol. The molecular formula is C14H14N2O2. The summed E-state index contributed by atoms with van der Waals surface area (Å²) >= 11 is 0. The molecule has 0 atom stereocenters. The van der Waals surface area contributed by atoms with Gasteiger partial charge in [0.1, 0.15) is 0 Å². The van der Waals surface area contributed by atoms with E-state index >= 15 is 0 Å². The van der Waals surface area contributed by atoms with Crippen LogP contribution in [-0.4, -0.2) is 15.6 Å². The zero-order valence-electron chi connectivity index (χ0n) is 10.6. The number of carbonyl (C=O) groups is 1. The number of aryl methyl sites for hydroxylation is 2. The number of Topliss-reactive ketones (excluding diaryl/α,β-unsaturated/α-hetero) is 1. The molecule has 0 fully saturated rings. The normalized spacial score (nSPS) is 10.4. The van der Waals surface area contributed by atoms with Crippen LogP contribution in [0.2, 0.25) is 0 Å². The molecule has 1 heterocycles. The van der Waals surface area contributed by atoms with E-state index in [1.165, 1.54) is 13.0 Å². The van der Waals surface area contributed by atoms with Gasteiger partial charge >= 0.3 is 0 Å². The zero-order valence-corrected chi connectivity index (χ0v) is 10.6. The van der Waals surface area contributed by atoms with Crippen molar-refractivity contribution in [3.05, 3.63) is 57.5 Å². The maximum Gasteiger partial charge on any atom is 0.211 e. The molecular weight excluding hydrogens is 228 g/mol. The predicted molar refractivity (Wildman–Crippen MR) is 69.3 cm³/mol. The third-order valence-electron chi connectivity index (χ3n) is 2.72. The van der Waals surface area contributed by atoms with Crippen molar-refractivity contribution in [2.24, 2.45) is 0 Å². The zero-order chi connectivity index (χ0) is 13.3. The molecule has 0 saturated heterocycles. The Hall–Kier alpha value is -2.23. The molecule has 0 unspecified atom stereocenters. The summed E-state index contributed by atoms with van der Waals surface area (Å²) in [5.41, 5.74) is 2.32. The van der Waals surface area contributed by atoms with Crippen LogP contribution in [0.4, 0.5) is 0 Å². The molecule has 0 radical (unpaired) electrons. The lowest BCUT2D eigenvalue weighted by molar-refractivity contribution is 0.101. The lowest BCUT2D eigenvalue weighted by Gasteiger charge is -2.10. The van der Waals surface area contributed by atoms with Crippen LogP contribution in [0.25, 0.3) is 5.69 Å². The van der Waals surface area contributed by atoms with E-state index in [4.69, 9.17) is 0 Å². The van der Waals surface area contributed by atoms with Crippen LogP contribution in [-0.2, 0) is 0 Å². The van der Waals surface area contributed by atoms with Crippen molar-refractivity contribution in [1.29, 1.82) is 0 Å².